The van der Waals surface area contributed by atoms with Gasteiger partial charge in [0.15, 0.2) is 0 Å². The minimum absolute atomic E-state index is 0.225. The van der Waals surface area contributed by atoms with Gasteiger partial charge < -0.3 is 9.52 Å². The quantitative estimate of drug-likeness (QED) is 0.513. The van der Waals surface area contributed by atoms with Crippen LogP contribution in [-0.4, -0.2) is 21.0 Å². The number of nitro benzene ring substituents is 1. The predicted molar refractivity (Wildman–Crippen MR) is 75.6 cm³/mol. The number of hydrogen-bond acceptors (Lipinski definition) is 6. The van der Waals surface area contributed by atoms with Crippen molar-refractivity contribution < 1.29 is 19.2 Å². The first kappa shape index (κ1) is 15.0. The van der Waals surface area contributed by atoms with E-state index in [1.807, 2.05) is 0 Å². The first-order valence-corrected chi connectivity index (χ1v) is 6.95. The van der Waals surface area contributed by atoms with E-state index < -0.39 is 16.6 Å². The van der Waals surface area contributed by atoms with Gasteiger partial charge in [-0.15, -0.1) is 0 Å². The van der Waals surface area contributed by atoms with Crippen LogP contribution in [0.2, 0.25) is 0 Å². The lowest BCUT2D eigenvalue weighted by atomic mass is 10.1. The highest BCUT2D eigenvalue weighted by Crippen LogP contribution is 2.29. The maximum absolute atomic E-state index is 11.3. The maximum atomic E-state index is 11.3. The Labute approximate surface area is 124 Å². The molecular weight excluding hydrogens is 296 g/mol. The van der Waals surface area contributed by atoms with Crippen molar-refractivity contribution in [3.8, 4) is 0 Å². The second kappa shape index (κ2) is 5.96. The Morgan fingerprint density at radius 3 is 2.71 bits per heavy atom. The van der Waals surface area contributed by atoms with Crippen LogP contribution in [0.25, 0.3) is 0 Å². The van der Waals surface area contributed by atoms with E-state index in [0.29, 0.717) is 16.5 Å². The molecule has 1 heterocycles. The molecule has 0 aliphatic carbocycles. The zero-order valence-electron chi connectivity index (χ0n) is 11.3. The average molecular weight is 308 g/mol. The van der Waals surface area contributed by atoms with Crippen molar-refractivity contribution in [2.75, 3.05) is 0 Å². The molecule has 8 heteroatoms. The molecule has 0 saturated heterocycles. The summed E-state index contributed by atoms with van der Waals surface area (Å²) in [6.45, 7) is 3.58. The van der Waals surface area contributed by atoms with Gasteiger partial charge in [0.1, 0.15) is 11.3 Å². The molecule has 21 heavy (non-hydrogen) atoms. The summed E-state index contributed by atoms with van der Waals surface area (Å²) < 4.78 is 5.38. The van der Waals surface area contributed by atoms with Crippen LogP contribution in [-0.2, 0) is 5.75 Å². The number of carboxylic acid groups (broad SMARTS) is 1. The molecule has 2 rings (SSSR count). The Hall–Kier alpha value is -2.35. The Kier molecular flexibility index (Phi) is 4.27. The minimum Gasteiger partial charge on any atom is -0.477 e. The van der Waals surface area contributed by atoms with E-state index in [9.17, 15) is 20.0 Å². The highest BCUT2D eigenvalue weighted by Gasteiger charge is 2.23. The van der Waals surface area contributed by atoms with E-state index >= 15 is 0 Å². The molecular formula is C13H12N2O5S. The number of carboxylic acids is 1. The summed E-state index contributed by atoms with van der Waals surface area (Å²) >= 11 is 1.20. The molecule has 0 saturated carbocycles. The normalized spacial score (nSPS) is 10.6. The van der Waals surface area contributed by atoms with Crippen molar-refractivity contribution in [1.29, 1.82) is 0 Å². The molecule has 1 aromatic heterocycles. The fourth-order valence-electron chi connectivity index (χ4n) is 1.75. The van der Waals surface area contributed by atoms with Gasteiger partial charge in [-0.2, -0.15) is 0 Å². The molecule has 0 bridgehead atoms. The highest BCUT2D eigenvalue weighted by molar-refractivity contribution is 7.98. The summed E-state index contributed by atoms with van der Waals surface area (Å²) in [6, 6.07) is 4.19. The summed E-state index contributed by atoms with van der Waals surface area (Å²) in [4.78, 5) is 25.6. The van der Waals surface area contributed by atoms with E-state index in [-0.39, 0.29) is 11.3 Å². The lowest BCUT2D eigenvalue weighted by Crippen LogP contribution is -2.06. The lowest BCUT2D eigenvalue weighted by Gasteiger charge is -2.05. The van der Waals surface area contributed by atoms with Gasteiger partial charge in [-0.25, -0.2) is 9.78 Å². The number of nitrogens with zero attached hydrogens (tertiary/aromatic N) is 2. The number of rotatable bonds is 5. The van der Waals surface area contributed by atoms with Crippen molar-refractivity contribution in [2.45, 2.75) is 24.8 Å². The molecule has 1 N–H and O–H groups in total. The van der Waals surface area contributed by atoms with Crippen LogP contribution in [0.15, 0.2) is 27.8 Å². The minimum atomic E-state index is -1.32. The van der Waals surface area contributed by atoms with Crippen LogP contribution in [0.1, 0.15) is 27.4 Å². The Morgan fingerprint density at radius 1 is 1.48 bits per heavy atom. The SMILES string of the molecule is Cc1nc(SCc2cccc([N+](=O)[O-])c2C(=O)O)oc1C. The van der Waals surface area contributed by atoms with Crippen molar-refractivity contribution in [1.82, 2.24) is 4.98 Å². The number of benzene rings is 1. The number of aromatic carboxylic acids is 1. The summed E-state index contributed by atoms with van der Waals surface area (Å²) in [7, 11) is 0. The van der Waals surface area contributed by atoms with E-state index in [1.165, 1.54) is 23.9 Å². The van der Waals surface area contributed by atoms with Gasteiger partial charge in [0.25, 0.3) is 10.9 Å². The van der Waals surface area contributed by atoms with E-state index in [4.69, 9.17) is 4.42 Å². The van der Waals surface area contributed by atoms with Gasteiger partial charge in [-0.1, -0.05) is 23.9 Å². The number of thioether (sulfide) groups is 1. The molecule has 7 nitrogen and oxygen atoms in total. The van der Waals surface area contributed by atoms with E-state index in [2.05, 4.69) is 4.98 Å². The predicted octanol–water partition coefficient (Wildman–Crippen LogP) is 3.19. The third kappa shape index (κ3) is 3.22. The Balaban J connectivity index is 2.29. The van der Waals surface area contributed by atoms with Crippen LogP contribution in [0.5, 0.6) is 0 Å². The number of nitro groups is 1. The number of carbonyl (C=O) groups is 1. The zero-order valence-corrected chi connectivity index (χ0v) is 12.1. The van der Waals surface area contributed by atoms with Crippen LogP contribution in [0, 0.1) is 24.0 Å². The van der Waals surface area contributed by atoms with Gasteiger partial charge in [0.2, 0.25) is 0 Å². The first-order chi connectivity index (χ1) is 9.90. The summed E-state index contributed by atoms with van der Waals surface area (Å²) in [5.74, 6) is -0.407. The third-order valence-electron chi connectivity index (χ3n) is 2.90. The standard InChI is InChI=1S/C13H12N2O5S/c1-7-8(2)20-13(14-7)21-6-9-4-3-5-10(15(18)19)11(9)12(16)17/h3-5H,6H2,1-2H3,(H,16,17). The molecule has 2 aromatic rings. The third-order valence-corrected chi connectivity index (χ3v) is 3.78. The molecule has 0 atom stereocenters. The molecule has 110 valence electrons. The number of aromatic nitrogens is 1. The summed E-state index contributed by atoms with van der Waals surface area (Å²) in [5, 5.41) is 20.5. The molecule has 0 aliphatic heterocycles. The molecule has 1 aromatic carbocycles. The molecule has 0 unspecified atom stereocenters. The fourth-order valence-corrected chi connectivity index (χ4v) is 2.66. The van der Waals surface area contributed by atoms with Gasteiger partial charge >= 0.3 is 5.97 Å². The topological polar surface area (TPSA) is 106 Å². The molecule has 0 spiro atoms. The zero-order chi connectivity index (χ0) is 15.6. The van der Waals surface area contributed by atoms with Crippen LogP contribution >= 0.6 is 11.8 Å². The maximum Gasteiger partial charge on any atom is 0.343 e. The van der Waals surface area contributed by atoms with Gasteiger partial charge in [-0.05, 0) is 19.4 Å². The average Bonchev–Trinajstić information content (AvgIpc) is 2.74. The molecule has 0 radical (unpaired) electrons. The fraction of sp³-hybridized carbons (Fsp3) is 0.231. The second-order valence-corrected chi connectivity index (χ2v) is 5.21. The molecule has 0 amide bonds. The van der Waals surface area contributed by atoms with Gasteiger partial charge in [0, 0.05) is 11.8 Å². The number of hydrogen-bond donors (Lipinski definition) is 1. The van der Waals surface area contributed by atoms with Crippen molar-refractivity contribution in [2.24, 2.45) is 0 Å². The second-order valence-electron chi connectivity index (χ2n) is 4.28. The highest BCUT2D eigenvalue weighted by atomic mass is 32.2. The van der Waals surface area contributed by atoms with Gasteiger partial charge in [-0.3, -0.25) is 10.1 Å². The van der Waals surface area contributed by atoms with Crippen LogP contribution in [0.3, 0.4) is 0 Å². The Morgan fingerprint density at radius 2 is 2.19 bits per heavy atom. The largest absolute Gasteiger partial charge is 0.477 e. The molecule has 0 fully saturated rings. The van der Waals surface area contributed by atoms with Crippen molar-refractivity contribution in [3.63, 3.8) is 0 Å². The number of aryl methyl sites for hydroxylation is 2. The molecule has 0 aliphatic rings. The Bertz CT molecular complexity index is 691. The van der Waals surface area contributed by atoms with Crippen LogP contribution in [0.4, 0.5) is 5.69 Å². The first-order valence-electron chi connectivity index (χ1n) is 5.96. The summed E-state index contributed by atoms with van der Waals surface area (Å²) in [6.07, 6.45) is 0. The van der Waals surface area contributed by atoms with Crippen LogP contribution < -0.4 is 0 Å². The van der Waals surface area contributed by atoms with E-state index in [0.717, 1.165) is 5.69 Å². The summed E-state index contributed by atoms with van der Waals surface area (Å²) in [5.41, 5.74) is 0.403. The van der Waals surface area contributed by atoms with Crippen molar-refractivity contribution >= 4 is 23.4 Å². The van der Waals surface area contributed by atoms with Gasteiger partial charge in [0.05, 0.1) is 10.6 Å². The van der Waals surface area contributed by atoms with Crippen molar-refractivity contribution in [3.05, 3.63) is 50.9 Å². The number of oxazole rings is 1. The monoisotopic (exact) mass is 308 g/mol. The lowest BCUT2D eigenvalue weighted by molar-refractivity contribution is -0.385. The smallest absolute Gasteiger partial charge is 0.343 e. The van der Waals surface area contributed by atoms with E-state index in [1.54, 1.807) is 19.9 Å².